The van der Waals surface area contributed by atoms with E-state index in [4.69, 9.17) is 9.47 Å². The lowest BCUT2D eigenvalue weighted by Gasteiger charge is -2.25. The highest BCUT2D eigenvalue weighted by molar-refractivity contribution is 5.98. The Morgan fingerprint density at radius 2 is 1.69 bits per heavy atom. The summed E-state index contributed by atoms with van der Waals surface area (Å²) in [5, 5.41) is 8.88. The average Bonchev–Trinajstić information content (AvgIpc) is 3.49. The maximum Gasteiger partial charge on any atom is 0.243 e. The van der Waals surface area contributed by atoms with Gasteiger partial charge in [-0.25, -0.2) is 0 Å². The van der Waals surface area contributed by atoms with Crippen molar-refractivity contribution in [2.45, 2.75) is 56.3 Å². The fraction of sp³-hybridized carbons (Fsp3) is 0.393. The number of rotatable bonds is 11. The van der Waals surface area contributed by atoms with Crippen LogP contribution in [0.3, 0.4) is 0 Å². The summed E-state index contributed by atoms with van der Waals surface area (Å²) in [6.07, 6.45) is 1.92. The Bertz CT molecular complexity index is 1110. The van der Waals surface area contributed by atoms with E-state index in [1.165, 1.54) is 0 Å². The number of Topliss-reactive ketones (excluding diaryl/α,β-unsaturated/α-hetero) is 1. The minimum Gasteiger partial charge on any atom is -0.497 e. The van der Waals surface area contributed by atoms with Gasteiger partial charge in [0.1, 0.15) is 23.4 Å². The Balaban J connectivity index is 1.53. The van der Waals surface area contributed by atoms with Crippen LogP contribution in [0.15, 0.2) is 66.9 Å². The number of carbonyl (C=O) groups is 3. The van der Waals surface area contributed by atoms with E-state index >= 15 is 0 Å². The van der Waals surface area contributed by atoms with Crippen molar-refractivity contribution >= 4 is 17.6 Å². The molecule has 4 rings (SSSR count). The van der Waals surface area contributed by atoms with Gasteiger partial charge in [0.05, 0.1) is 19.8 Å². The van der Waals surface area contributed by atoms with E-state index in [1.807, 2.05) is 54.6 Å². The molecular formula is C28H33N3O5. The van der Waals surface area contributed by atoms with Crippen molar-refractivity contribution in [2.24, 2.45) is 0 Å². The maximum absolute atomic E-state index is 13.6. The second-order valence-electron chi connectivity index (χ2n) is 9.59. The highest BCUT2D eigenvalue weighted by Gasteiger charge is 2.50. The van der Waals surface area contributed by atoms with E-state index in [-0.39, 0.29) is 18.1 Å². The molecule has 2 saturated heterocycles. The second-order valence-corrected chi connectivity index (χ2v) is 9.59. The van der Waals surface area contributed by atoms with Crippen molar-refractivity contribution in [2.75, 3.05) is 13.7 Å². The largest absolute Gasteiger partial charge is 0.497 e. The molecule has 2 fully saturated rings. The maximum atomic E-state index is 13.6. The van der Waals surface area contributed by atoms with Crippen LogP contribution in [0.2, 0.25) is 0 Å². The third-order valence-electron chi connectivity index (χ3n) is 6.68. The lowest BCUT2D eigenvalue weighted by atomic mass is 9.94. The number of methoxy groups -OCH3 is 1. The third-order valence-corrected chi connectivity index (χ3v) is 6.68. The molecule has 2 aliphatic heterocycles. The van der Waals surface area contributed by atoms with Gasteiger partial charge in [-0.3, -0.25) is 14.4 Å². The van der Waals surface area contributed by atoms with Crippen molar-refractivity contribution in [1.29, 1.82) is 0 Å². The van der Waals surface area contributed by atoms with Crippen molar-refractivity contribution in [3.05, 3.63) is 78.0 Å². The van der Waals surface area contributed by atoms with Gasteiger partial charge >= 0.3 is 0 Å². The summed E-state index contributed by atoms with van der Waals surface area (Å²) in [4.78, 5) is 39.8. The lowest BCUT2D eigenvalue weighted by molar-refractivity contribution is -0.133. The van der Waals surface area contributed by atoms with Crippen LogP contribution in [0.1, 0.15) is 30.9 Å². The first-order chi connectivity index (χ1) is 17.3. The van der Waals surface area contributed by atoms with Crippen LogP contribution in [-0.4, -0.2) is 55.0 Å². The smallest absolute Gasteiger partial charge is 0.243 e. The first kappa shape index (κ1) is 25.4. The third kappa shape index (κ3) is 6.31. The molecule has 0 bridgehead atoms. The fourth-order valence-electron chi connectivity index (χ4n) is 4.34. The number of carbonyl (C=O) groups excluding carboxylic acids is 3. The molecule has 36 heavy (non-hydrogen) atoms. The van der Waals surface area contributed by atoms with E-state index in [1.54, 1.807) is 14.0 Å². The highest BCUT2D eigenvalue weighted by atomic mass is 16.6. The van der Waals surface area contributed by atoms with Gasteiger partial charge in [0.15, 0.2) is 5.78 Å². The molecule has 0 unspecified atom stereocenters. The summed E-state index contributed by atoms with van der Waals surface area (Å²) in [6, 6.07) is 14.7. The predicted molar refractivity (Wildman–Crippen MR) is 135 cm³/mol. The number of epoxide rings is 1. The molecule has 2 heterocycles. The molecule has 2 aromatic carbocycles. The summed E-state index contributed by atoms with van der Waals surface area (Å²) in [5.74, 6) is -0.174. The predicted octanol–water partition coefficient (Wildman–Crippen LogP) is 2.07. The van der Waals surface area contributed by atoms with Gasteiger partial charge in [-0.1, -0.05) is 49.0 Å². The van der Waals surface area contributed by atoms with Crippen molar-refractivity contribution in [3.63, 3.8) is 0 Å². The van der Waals surface area contributed by atoms with E-state index in [0.717, 1.165) is 16.8 Å². The monoisotopic (exact) mass is 491 g/mol. The Morgan fingerprint density at radius 1 is 1.06 bits per heavy atom. The van der Waals surface area contributed by atoms with Gasteiger partial charge in [0, 0.05) is 12.1 Å². The molecule has 4 atom stereocenters. The van der Waals surface area contributed by atoms with Crippen molar-refractivity contribution < 1.29 is 23.9 Å². The van der Waals surface area contributed by atoms with Gasteiger partial charge in [0.25, 0.3) is 0 Å². The zero-order valence-electron chi connectivity index (χ0n) is 20.7. The molecule has 2 aliphatic rings. The van der Waals surface area contributed by atoms with Crippen LogP contribution >= 0.6 is 0 Å². The van der Waals surface area contributed by atoms with Gasteiger partial charge in [-0.05, 0) is 49.4 Å². The standard InChI is InChI=1S/C28H33N3O5/c1-18-9-14-22(29-18)26(33)31-24(16-20-10-12-21(35-3)13-11-20)27(34)30-23(25(32)28(2)17-36-28)15-19-7-5-4-6-8-19/h4-8,10-13,22-24,29H,1,9,14-17H2,2-3H3,(H,30,34)(H,31,33)/t22-,23-,24-,28+/m0/s1. The molecular weight excluding hydrogens is 458 g/mol. The Labute approximate surface area is 211 Å². The average molecular weight is 492 g/mol. The minimum absolute atomic E-state index is 0.178. The Morgan fingerprint density at radius 3 is 2.28 bits per heavy atom. The summed E-state index contributed by atoms with van der Waals surface area (Å²) >= 11 is 0. The topological polar surface area (TPSA) is 109 Å². The summed E-state index contributed by atoms with van der Waals surface area (Å²) in [7, 11) is 1.59. The Hall–Kier alpha value is -3.65. The quantitative estimate of drug-likeness (QED) is 0.416. The van der Waals surface area contributed by atoms with Gasteiger partial charge in [-0.15, -0.1) is 0 Å². The number of benzene rings is 2. The fourth-order valence-corrected chi connectivity index (χ4v) is 4.34. The van der Waals surface area contributed by atoms with E-state index in [9.17, 15) is 14.4 Å². The molecule has 2 amide bonds. The zero-order chi connectivity index (χ0) is 25.7. The SMILES string of the molecule is C=C1CC[C@@H](C(=O)N[C@@H](Cc2ccc(OC)cc2)C(=O)N[C@@H](Cc2ccccc2)C(=O)[C@@]2(C)CO2)N1. The van der Waals surface area contributed by atoms with Crippen LogP contribution in [0.5, 0.6) is 5.75 Å². The number of allylic oxidation sites excluding steroid dienone is 1. The normalized spacial score (nSPS) is 22.2. The van der Waals surface area contributed by atoms with Gasteiger partial charge in [-0.2, -0.15) is 0 Å². The number of amides is 2. The van der Waals surface area contributed by atoms with Gasteiger partial charge < -0.3 is 25.4 Å². The van der Waals surface area contributed by atoms with Crippen LogP contribution in [-0.2, 0) is 32.0 Å². The highest BCUT2D eigenvalue weighted by Crippen LogP contribution is 2.29. The zero-order valence-corrected chi connectivity index (χ0v) is 20.7. The molecule has 8 nitrogen and oxygen atoms in total. The van der Waals surface area contributed by atoms with Crippen molar-refractivity contribution in [3.8, 4) is 5.75 Å². The van der Waals surface area contributed by atoms with E-state index in [0.29, 0.717) is 31.6 Å². The van der Waals surface area contributed by atoms with Crippen LogP contribution in [0.4, 0.5) is 0 Å². The first-order valence-corrected chi connectivity index (χ1v) is 12.2. The summed E-state index contributed by atoms with van der Waals surface area (Å²) in [5.41, 5.74) is 1.68. The molecule has 0 aromatic heterocycles. The number of ketones is 1. The number of hydrogen-bond acceptors (Lipinski definition) is 6. The molecule has 0 saturated carbocycles. The molecule has 0 aliphatic carbocycles. The molecule has 190 valence electrons. The molecule has 2 aromatic rings. The summed E-state index contributed by atoms with van der Waals surface area (Å²) < 4.78 is 10.6. The van der Waals surface area contributed by atoms with Crippen molar-refractivity contribution in [1.82, 2.24) is 16.0 Å². The summed E-state index contributed by atoms with van der Waals surface area (Å²) in [6.45, 7) is 5.94. The number of hydrogen-bond donors (Lipinski definition) is 3. The molecule has 8 heteroatoms. The minimum atomic E-state index is -0.893. The molecule has 0 spiro atoms. The second kappa shape index (κ2) is 11.0. The Kier molecular flexibility index (Phi) is 7.74. The van der Waals surface area contributed by atoms with Crippen LogP contribution in [0.25, 0.3) is 0 Å². The lowest BCUT2D eigenvalue weighted by Crippen LogP contribution is -2.56. The van der Waals surface area contributed by atoms with E-state index < -0.39 is 29.6 Å². The first-order valence-electron chi connectivity index (χ1n) is 12.2. The van der Waals surface area contributed by atoms with Crippen LogP contribution in [0, 0.1) is 0 Å². The molecule has 0 radical (unpaired) electrons. The number of nitrogens with one attached hydrogen (secondary N) is 3. The van der Waals surface area contributed by atoms with Gasteiger partial charge in [0.2, 0.25) is 11.8 Å². The van der Waals surface area contributed by atoms with Crippen LogP contribution < -0.4 is 20.7 Å². The number of ether oxygens (including phenoxy) is 2. The van der Waals surface area contributed by atoms with E-state index in [2.05, 4.69) is 22.5 Å². The molecule has 3 N–H and O–H groups in total.